The fraction of sp³-hybridized carbons (Fsp3) is 0.846. The molecule has 2 unspecified atom stereocenters. The number of hydrogen-bond acceptors (Lipinski definition) is 4. The lowest BCUT2D eigenvalue weighted by atomic mass is 10.0. The van der Waals surface area contributed by atoms with Gasteiger partial charge in [0, 0.05) is 19.6 Å². The zero-order chi connectivity index (χ0) is 13.0. The van der Waals surface area contributed by atoms with Gasteiger partial charge in [0.05, 0.1) is 6.04 Å². The van der Waals surface area contributed by atoms with Crippen molar-refractivity contribution in [1.29, 1.82) is 0 Å². The van der Waals surface area contributed by atoms with E-state index >= 15 is 0 Å². The van der Waals surface area contributed by atoms with Crippen LogP contribution in [0.5, 0.6) is 0 Å². The summed E-state index contributed by atoms with van der Waals surface area (Å²) in [6.07, 6.45) is 5.55. The van der Waals surface area contributed by atoms with Crippen molar-refractivity contribution in [1.82, 2.24) is 25.0 Å². The van der Waals surface area contributed by atoms with Crippen LogP contribution in [0.25, 0.3) is 0 Å². The molecule has 1 N–H and O–H groups in total. The van der Waals surface area contributed by atoms with E-state index in [0.29, 0.717) is 12.1 Å². The van der Waals surface area contributed by atoms with Crippen molar-refractivity contribution in [2.24, 2.45) is 7.05 Å². The van der Waals surface area contributed by atoms with Crippen molar-refractivity contribution in [2.75, 3.05) is 19.6 Å². The lowest BCUT2D eigenvalue weighted by molar-refractivity contribution is 0.139. The SMILES string of the molecule is CCCNC1CCCN(C(C)c2nncn2C)C1. The van der Waals surface area contributed by atoms with Crippen molar-refractivity contribution in [3.63, 3.8) is 0 Å². The van der Waals surface area contributed by atoms with E-state index in [1.54, 1.807) is 6.33 Å². The van der Waals surface area contributed by atoms with Crippen LogP contribution in [-0.4, -0.2) is 45.3 Å². The van der Waals surface area contributed by atoms with Gasteiger partial charge in [0.1, 0.15) is 12.2 Å². The van der Waals surface area contributed by atoms with E-state index < -0.39 is 0 Å². The third kappa shape index (κ3) is 3.09. The highest BCUT2D eigenvalue weighted by Crippen LogP contribution is 2.22. The average molecular weight is 251 g/mol. The van der Waals surface area contributed by atoms with E-state index in [1.807, 2.05) is 11.6 Å². The van der Waals surface area contributed by atoms with Crippen LogP contribution in [0, 0.1) is 0 Å². The second kappa shape index (κ2) is 6.29. The monoisotopic (exact) mass is 251 g/mol. The van der Waals surface area contributed by atoms with Crippen molar-refractivity contribution in [3.05, 3.63) is 12.2 Å². The van der Waals surface area contributed by atoms with Crippen molar-refractivity contribution < 1.29 is 0 Å². The number of hydrogen-bond donors (Lipinski definition) is 1. The van der Waals surface area contributed by atoms with Gasteiger partial charge in [-0.2, -0.15) is 0 Å². The molecule has 0 aromatic carbocycles. The Bertz CT molecular complexity index is 362. The second-order valence-electron chi connectivity index (χ2n) is 5.26. The molecule has 1 aliphatic heterocycles. The Balaban J connectivity index is 1.94. The summed E-state index contributed by atoms with van der Waals surface area (Å²) in [6, 6.07) is 0.984. The highest BCUT2D eigenvalue weighted by atomic mass is 15.3. The summed E-state index contributed by atoms with van der Waals surface area (Å²) in [4.78, 5) is 2.51. The van der Waals surface area contributed by atoms with E-state index in [2.05, 4.69) is 34.3 Å². The first kappa shape index (κ1) is 13.5. The zero-order valence-electron chi connectivity index (χ0n) is 11.8. The van der Waals surface area contributed by atoms with Crippen LogP contribution in [0.1, 0.15) is 45.0 Å². The minimum atomic E-state index is 0.351. The fourth-order valence-electron chi connectivity index (χ4n) is 2.71. The van der Waals surface area contributed by atoms with E-state index in [9.17, 15) is 0 Å². The van der Waals surface area contributed by atoms with Gasteiger partial charge in [-0.05, 0) is 39.3 Å². The Morgan fingerprint density at radius 1 is 1.56 bits per heavy atom. The number of piperidine rings is 1. The van der Waals surface area contributed by atoms with Gasteiger partial charge in [0.15, 0.2) is 0 Å². The van der Waals surface area contributed by atoms with Crippen molar-refractivity contribution in [3.8, 4) is 0 Å². The largest absolute Gasteiger partial charge is 0.319 e. The van der Waals surface area contributed by atoms with Crippen molar-refractivity contribution >= 4 is 0 Å². The number of rotatable bonds is 5. The summed E-state index contributed by atoms with van der Waals surface area (Å²) < 4.78 is 2.02. The predicted molar refractivity (Wildman–Crippen MR) is 72.3 cm³/mol. The fourth-order valence-corrected chi connectivity index (χ4v) is 2.71. The molecule has 1 aliphatic rings. The van der Waals surface area contributed by atoms with Crippen LogP contribution in [0.4, 0.5) is 0 Å². The first-order valence-electron chi connectivity index (χ1n) is 7.03. The zero-order valence-corrected chi connectivity index (χ0v) is 11.8. The minimum absolute atomic E-state index is 0.351. The summed E-state index contributed by atoms with van der Waals surface area (Å²) in [6.45, 7) is 7.85. The number of aromatic nitrogens is 3. The topological polar surface area (TPSA) is 46.0 Å². The summed E-state index contributed by atoms with van der Waals surface area (Å²) in [7, 11) is 2.02. The molecule has 0 radical (unpaired) electrons. The van der Waals surface area contributed by atoms with E-state index in [-0.39, 0.29) is 0 Å². The van der Waals surface area contributed by atoms with Gasteiger partial charge >= 0.3 is 0 Å². The van der Waals surface area contributed by atoms with Crippen LogP contribution in [0.3, 0.4) is 0 Å². The first-order valence-corrected chi connectivity index (χ1v) is 7.03. The molecule has 18 heavy (non-hydrogen) atoms. The Morgan fingerprint density at radius 3 is 3.06 bits per heavy atom. The van der Waals surface area contributed by atoms with Gasteiger partial charge < -0.3 is 9.88 Å². The summed E-state index contributed by atoms with van der Waals surface area (Å²) in [5.74, 6) is 1.06. The maximum Gasteiger partial charge on any atom is 0.149 e. The third-order valence-electron chi connectivity index (χ3n) is 3.80. The normalized spacial score (nSPS) is 23.2. The summed E-state index contributed by atoms with van der Waals surface area (Å²) in [5.41, 5.74) is 0. The standard InChI is InChI=1S/C13H25N5/c1-4-7-14-12-6-5-8-18(9-12)11(2)13-16-15-10-17(13)3/h10-12,14H,4-9H2,1-3H3. The van der Waals surface area contributed by atoms with E-state index in [0.717, 1.165) is 18.9 Å². The molecule has 0 bridgehead atoms. The minimum Gasteiger partial charge on any atom is -0.319 e. The molecule has 102 valence electrons. The number of aryl methyl sites for hydroxylation is 1. The Kier molecular flexibility index (Phi) is 4.72. The van der Waals surface area contributed by atoms with Gasteiger partial charge in [-0.1, -0.05) is 6.92 Å². The molecule has 0 amide bonds. The van der Waals surface area contributed by atoms with Gasteiger partial charge in [-0.3, -0.25) is 4.90 Å². The van der Waals surface area contributed by atoms with Crippen LogP contribution >= 0.6 is 0 Å². The lowest BCUT2D eigenvalue weighted by Crippen LogP contribution is -2.47. The number of nitrogens with one attached hydrogen (secondary N) is 1. The molecule has 2 atom stereocenters. The molecule has 1 aromatic heterocycles. The lowest BCUT2D eigenvalue weighted by Gasteiger charge is -2.36. The molecular weight excluding hydrogens is 226 g/mol. The molecule has 0 spiro atoms. The molecule has 2 rings (SSSR count). The Morgan fingerprint density at radius 2 is 2.39 bits per heavy atom. The molecule has 0 saturated carbocycles. The number of nitrogens with zero attached hydrogens (tertiary/aromatic N) is 4. The van der Waals surface area contributed by atoms with E-state index in [4.69, 9.17) is 0 Å². The maximum atomic E-state index is 4.23. The molecule has 5 nitrogen and oxygen atoms in total. The molecule has 1 fully saturated rings. The number of likely N-dealkylation sites (tertiary alicyclic amines) is 1. The van der Waals surface area contributed by atoms with Crippen LogP contribution in [-0.2, 0) is 7.05 Å². The quantitative estimate of drug-likeness (QED) is 0.858. The highest BCUT2D eigenvalue weighted by Gasteiger charge is 2.25. The Labute approximate surface area is 110 Å². The second-order valence-corrected chi connectivity index (χ2v) is 5.26. The van der Waals surface area contributed by atoms with Crippen LogP contribution in [0.15, 0.2) is 6.33 Å². The smallest absolute Gasteiger partial charge is 0.149 e. The molecule has 1 saturated heterocycles. The molecule has 1 aromatic rings. The van der Waals surface area contributed by atoms with E-state index in [1.165, 1.54) is 25.8 Å². The molecule has 5 heteroatoms. The highest BCUT2D eigenvalue weighted by molar-refractivity contribution is 4.95. The predicted octanol–water partition coefficient (Wildman–Crippen LogP) is 1.34. The first-order chi connectivity index (χ1) is 8.72. The van der Waals surface area contributed by atoms with Crippen LogP contribution < -0.4 is 5.32 Å². The average Bonchev–Trinajstić information content (AvgIpc) is 2.82. The van der Waals surface area contributed by atoms with Gasteiger partial charge in [-0.25, -0.2) is 0 Å². The summed E-state index contributed by atoms with van der Waals surface area (Å²) in [5, 5.41) is 11.8. The molecule has 0 aliphatic carbocycles. The van der Waals surface area contributed by atoms with Crippen molar-refractivity contribution in [2.45, 2.75) is 45.2 Å². The summed E-state index contributed by atoms with van der Waals surface area (Å²) >= 11 is 0. The van der Waals surface area contributed by atoms with Gasteiger partial charge in [-0.15, -0.1) is 10.2 Å². The van der Waals surface area contributed by atoms with Crippen LogP contribution in [0.2, 0.25) is 0 Å². The maximum absolute atomic E-state index is 4.23. The Hall–Kier alpha value is -0.940. The van der Waals surface area contributed by atoms with Gasteiger partial charge in [0.2, 0.25) is 0 Å². The molecular formula is C13H25N5. The van der Waals surface area contributed by atoms with Gasteiger partial charge in [0.25, 0.3) is 0 Å². The third-order valence-corrected chi connectivity index (χ3v) is 3.80. The molecule has 2 heterocycles.